The topological polar surface area (TPSA) is 88.3 Å². The Hall–Kier alpha value is -5.82. The smallest absolute Gasteiger partial charge is 0.262 e. The van der Waals surface area contributed by atoms with Gasteiger partial charge in [-0.25, -0.2) is 0 Å². The number of nitrogens with zero attached hydrogens (tertiary/aromatic N) is 4. The average Bonchev–Trinajstić information content (AvgIpc) is 3.64. The molecule has 2 heterocycles. The van der Waals surface area contributed by atoms with Crippen molar-refractivity contribution in [2.45, 2.75) is 39.2 Å². The van der Waals surface area contributed by atoms with E-state index in [1.54, 1.807) is 18.2 Å². The van der Waals surface area contributed by atoms with Gasteiger partial charge in [-0.2, -0.15) is 0 Å². The lowest BCUT2D eigenvalue weighted by Gasteiger charge is -2.28. The van der Waals surface area contributed by atoms with E-state index in [9.17, 15) is 14.7 Å². The number of aryl methyl sites for hydroxylation is 2. The number of hydrogen-bond acceptors (Lipinski definition) is 5. The molecule has 0 spiro atoms. The van der Waals surface area contributed by atoms with Crippen molar-refractivity contribution in [2.24, 2.45) is 0 Å². The molecular formula is C40H30N4O3. The number of carbonyl (C=O) groups is 2. The van der Waals surface area contributed by atoms with E-state index in [2.05, 4.69) is 52.7 Å². The molecule has 0 atom stereocenters. The minimum absolute atomic E-state index is 0.0260. The van der Waals surface area contributed by atoms with Crippen LogP contribution in [0.15, 0.2) is 97.1 Å². The van der Waals surface area contributed by atoms with Crippen LogP contribution in [0.2, 0.25) is 0 Å². The minimum atomic E-state index is -0.349. The number of rotatable bonds is 4. The molecule has 6 aromatic rings. The monoisotopic (exact) mass is 614 g/mol. The van der Waals surface area contributed by atoms with Gasteiger partial charge < -0.3 is 5.11 Å². The van der Waals surface area contributed by atoms with Gasteiger partial charge in [-0.15, -0.1) is 15.0 Å². The van der Waals surface area contributed by atoms with Crippen LogP contribution in [0, 0.1) is 6.92 Å². The van der Waals surface area contributed by atoms with Crippen molar-refractivity contribution in [3.63, 3.8) is 0 Å². The van der Waals surface area contributed by atoms with Crippen LogP contribution >= 0.6 is 0 Å². The standard InChI is InChI=1S/C40H30N4O3/c1-23-16-21-36(45)38(44-41-34-14-4-5-15-35(34)42-44)33(23)22-43-39(46)32-13-7-12-31(37(32)40(43)47)27-11-6-10-26-29-18-17-24-8-2-3-9-25(24)28(29)19-20-30(26)27/h2-5,7-9,11-16,19-21,45H,6,10,17-18,22H2,1H3. The Morgan fingerprint density at radius 2 is 1.38 bits per heavy atom. The van der Waals surface area contributed by atoms with E-state index < -0.39 is 0 Å². The summed E-state index contributed by atoms with van der Waals surface area (Å²) in [6.45, 7) is 1.87. The third kappa shape index (κ3) is 4.12. The molecule has 2 amide bonds. The zero-order valence-electron chi connectivity index (χ0n) is 25.8. The first-order valence-electron chi connectivity index (χ1n) is 16.0. The fraction of sp³-hybridized carbons (Fsp3) is 0.150. The van der Waals surface area contributed by atoms with E-state index in [1.165, 1.54) is 37.5 Å². The number of hydrogen-bond donors (Lipinski definition) is 1. The van der Waals surface area contributed by atoms with Crippen LogP contribution in [-0.4, -0.2) is 36.8 Å². The lowest BCUT2D eigenvalue weighted by Crippen LogP contribution is -2.30. The summed E-state index contributed by atoms with van der Waals surface area (Å²) in [6.07, 6.45) is 6.05. The van der Waals surface area contributed by atoms with E-state index >= 15 is 0 Å². The van der Waals surface area contributed by atoms with Crippen LogP contribution in [-0.2, 0) is 25.8 Å². The highest BCUT2D eigenvalue weighted by Crippen LogP contribution is 2.43. The number of amides is 2. The highest BCUT2D eigenvalue weighted by atomic mass is 16.3. The minimum Gasteiger partial charge on any atom is -0.506 e. The molecule has 0 unspecified atom stereocenters. The van der Waals surface area contributed by atoms with Crippen LogP contribution in [0.5, 0.6) is 5.75 Å². The van der Waals surface area contributed by atoms with Crippen molar-refractivity contribution < 1.29 is 14.7 Å². The number of fused-ring (bicyclic) bond motifs is 7. The molecular weight excluding hydrogens is 584 g/mol. The first kappa shape index (κ1) is 27.5. The van der Waals surface area contributed by atoms with E-state index in [0.717, 1.165) is 47.9 Å². The quantitative estimate of drug-likeness (QED) is 0.210. The predicted octanol–water partition coefficient (Wildman–Crippen LogP) is 7.37. The molecule has 0 saturated heterocycles. The second-order valence-electron chi connectivity index (χ2n) is 12.6. The molecule has 7 nitrogen and oxygen atoms in total. The summed E-state index contributed by atoms with van der Waals surface area (Å²) in [4.78, 5) is 31.0. The lowest BCUT2D eigenvalue weighted by molar-refractivity contribution is 0.0641. The van der Waals surface area contributed by atoms with Crippen LogP contribution in [0.3, 0.4) is 0 Å². The number of aromatic nitrogens is 3. The summed E-state index contributed by atoms with van der Waals surface area (Å²) in [5, 5.41) is 20.2. The highest BCUT2D eigenvalue weighted by molar-refractivity contribution is 6.23. The van der Waals surface area contributed by atoms with Gasteiger partial charge in [-0.3, -0.25) is 14.5 Å². The summed E-state index contributed by atoms with van der Waals surface area (Å²) in [7, 11) is 0. The molecule has 47 heavy (non-hydrogen) atoms. The Balaban J connectivity index is 1.11. The Morgan fingerprint density at radius 1 is 0.681 bits per heavy atom. The molecule has 3 aliphatic rings. The summed E-state index contributed by atoms with van der Waals surface area (Å²) in [5.74, 6) is -0.719. The first-order chi connectivity index (χ1) is 23.0. The number of allylic oxidation sites excluding steroid dienone is 1. The van der Waals surface area contributed by atoms with E-state index in [1.807, 2.05) is 43.3 Å². The molecule has 9 rings (SSSR count). The van der Waals surface area contributed by atoms with Crippen LogP contribution < -0.4 is 0 Å². The molecule has 0 radical (unpaired) electrons. The Labute approximate surface area is 271 Å². The average molecular weight is 615 g/mol. The zero-order valence-corrected chi connectivity index (χ0v) is 25.8. The van der Waals surface area contributed by atoms with Crippen molar-refractivity contribution in [2.75, 3.05) is 0 Å². The third-order valence-electron chi connectivity index (χ3n) is 10.0. The maximum Gasteiger partial charge on any atom is 0.262 e. The number of carbonyl (C=O) groups excluding carboxylic acids is 2. The van der Waals surface area contributed by atoms with Crippen molar-refractivity contribution in [1.82, 2.24) is 19.9 Å². The second-order valence-corrected chi connectivity index (χ2v) is 12.6. The van der Waals surface area contributed by atoms with Crippen LogP contribution in [0.4, 0.5) is 0 Å². The molecule has 0 bridgehead atoms. The molecule has 1 aliphatic heterocycles. The van der Waals surface area contributed by atoms with Crippen molar-refractivity contribution in [1.29, 1.82) is 0 Å². The van der Waals surface area contributed by atoms with Gasteiger partial charge in [-0.1, -0.05) is 72.8 Å². The zero-order chi connectivity index (χ0) is 31.8. The summed E-state index contributed by atoms with van der Waals surface area (Å²) >= 11 is 0. The molecule has 1 N–H and O–H groups in total. The van der Waals surface area contributed by atoms with Crippen molar-refractivity contribution in [3.8, 4) is 22.6 Å². The first-order valence-corrected chi connectivity index (χ1v) is 16.0. The Kier molecular flexibility index (Phi) is 6.06. The number of imide groups is 1. The van der Waals surface area contributed by atoms with E-state index in [0.29, 0.717) is 33.4 Å². The van der Waals surface area contributed by atoms with E-state index in [-0.39, 0.29) is 24.1 Å². The fourth-order valence-electron chi connectivity index (χ4n) is 7.72. The van der Waals surface area contributed by atoms with Gasteiger partial charge in [0.2, 0.25) is 0 Å². The normalized spacial score (nSPS) is 14.9. The van der Waals surface area contributed by atoms with Gasteiger partial charge in [0.15, 0.2) is 0 Å². The summed E-state index contributed by atoms with van der Waals surface area (Å²) in [5.41, 5.74) is 13.6. The fourth-order valence-corrected chi connectivity index (χ4v) is 7.72. The number of benzene rings is 5. The lowest BCUT2D eigenvalue weighted by atomic mass is 9.76. The predicted molar refractivity (Wildman–Crippen MR) is 181 cm³/mol. The molecule has 0 fully saturated rings. The largest absolute Gasteiger partial charge is 0.506 e. The van der Waals surface area contributed by atoms with Gasteiger partial charge in [0, 0.05) is 5.56 Å². The van der Waals surface area contributed by atoms with Gasteiger partial charge in [0.25, 0.3) is 11.8 Å². The van der Waals surface area contributed by atoms with Gasteiger partial charge in [0.05, 0.1) is 17.7 Å². The maximum absolute atomic E-state index is 14.3. The Morgan fingerprint density at radius 3 is 2.21 bits per heavy atom. The van der Waals surface area contributed by atoms with E-state index in [4.69, 9.17) is 0 Å². The van der Waals surface area contributed by atoms with Gasteiger partial charge in [-0.05, 0) is 107 Å². The SMILES string of the molecule is Cc1ccc(O)c(-n2nc3ccccc3n2)c1CN1C(=O)c2cccc(C3=CCCc4c3ccc3c4CCc4ccccc4-3)c2C1=O. The van der Waals surface area contributed by atoms with Crippen molar-refractivity contribution >= 4 is 28.4 Å². The number of aromatic hydroxyl groups is 1. The highest BCUT2D eigenvalue weighted by Gasteiger charge is 2.39. The summed E-state index contributed by atoms with van der Waals surface area (Å²) in [6, 6.07) is 29.5. The second kappa shape index (κ2) is 10.4. The van der Waals surface area contributed by atoms with Gasteiger partial charge >= 0.3 is 0 Å². The number of phenolic OH excluding ortho intramolecular Hbond substituents is 1. The molecule has 228 valence electrons. The maximum atomic E-state index is 14.3. The van der Waals surface area contributed by atoms with Gasteiger partial charge in [0.1, 0.15) is 22.5 Å². The third-order valence-corrected chi connectivity index (χ3v) is 10.0. The molecule has 0 saturated carbocycles. The molecule has 7 heteroatoms. The van der Waals surface area contributed by atoms with Crippen LogP contribution in [0.25, 0.3) is 33.4 Å². The van der Waals surface area contributed by atoms with Crippen molar-refractivity contribution in [3.05, 3.63) is 147 Å². The van der Waals surface area contributed by atoms with Crippen LogP contribution in [0.1, 0.15) is 66.1 Å². The molecule has 1 aromatic heterocycles. The number of phenols is 1. The Bertz CT molecular complexity index is 2330. The molecule has 5 aromatic carbocycles. The summed E-state index contributed by atoms with van der Waals surface area (Å²) < 4.78 is 0. The molecule has 2 aliphatic carbocycles.